The molecule has 1 unspecified atom stereocenters. The quantitative estimate of drug-likeness (QED) is 0.664. The second kappa shape index (κ2) is 3.24. The zero-order chi connectivity index (χ0) is 10.4. The Balaban J connectivity index is 2.32. The molecule has 3 rings (SSSR count). The smallest absolute Gasteiger partial charge is 0.110 e. The van der Waals surface area contributed by atoms with E-state index in [1.54, 1.807) is 0 Å². The highest BCUT2D eigenvalue weighted by molar-refractivity contribution is 6.31. The lowest BCUT2D eigenvalue weighted by atomic mass is 10.1. The number of aryl methyl sites for hydroxylation is 1. The molecule has 0 spiro atoms. The monoisotopic (exact) mass is 220 g/mol. The summed E-state index contributed by atoms with van der Waals surface area (Å²) in [7, 11) is 0. The topological polar surface area (TPSA) is 17.8 Å². The van der Waals surface area contributed by atoms with Crippen LogP contribution in [0.3, 0.4) is 0 Å². The molecule has 0 bridgehead atoms. The molecule has 0 amide bonds. The summed E-state index contributed by atoms with van der Waals surface area (Å²) >= 11 is 5.97. The van der Waals surface area contributed by atoms with Crippen molar-refractivity contribution in [3.63, 3.8) is 0 Å². The van der Waals surface area contributed by atoms with Crippen molar-refractivity contribution in [1.29, 1.82) is 0 Å². The summed E-state index contributed by atoms with van der Waals surface area (Å²) in [6, 6.07) is 6.55. The zero-order valence-corrected chi connectivity index (χ0v) is 9.46. The van der Waals surface area contributed by atoms with Crippen LogP contribution < -0.4 is 0 Å². The molecule has 0 fully saturated rings. The average Bonchev–Trinajstić information content (AvgIpc) is 2.56. The summed E-state index contributed by atoms with van der Waals surface area (Å²) in [5.74, 6) is 1.21. The lowest BCUT2D eigenvalue weighted by Gasteiger charge is -2.22. The molecule has 0 radical (unpaired) electrons. The Morgan fingerprint density at radius 3 is 3.20 bits per heavy atom. The van der Waals surface area contributed by atoms with E-state index in [-0.39, 0.29) is 0 Å². The van der Waals surface area contributed by atoms with E-state index in [0.29, 0.717) is 6.04 Å². The van der Waals surface area contributed by atoms with Gasteiger partial charge in [0.25, 0.3) is 0 Å². The zero-order valence-electron chi connectivity index (χ0n) is 8.70. The maximum absolute atomic E-state index is 5.97. The third kappa shape index (κ3) is 1.36. The van der Waals surface area contributed by atoms with Gasteiger partial charge in [-0.3, -0.25) is 0 Å². The second-order valence-corrected chi connectivity index (χ2v) is 4.71. The second-order valence-electron chi connectivity index (χ2n) is 4.27. The Morgan fingerprint density at radius 2 is 2.33 bits per heavy atom. The molecule has 2 aromatic rings. The van der Waals surface area contributed by atoms with Gasteiger partial charge < -0.3 is 4.57 Å². The first-order valence-electron chi connectivity index (χ1n) is 5.42. The molecule has 2 nitrogen and oxygen atoms in total. The molecule has 1 aromatic carbocycles. The van der Waals surface area contributed by atoms with Crippen molar-refractivity contribution in [1.82, 2.24) is 9.55 Å². The van der Waals surface area contributed by atoms with Crippen molar-refractivity contribution in [2.75, 3.05) is 0 Å². The van der Waals surface area contributed by atoms with Gasteiger partial charge in [-0.05, 0) is 38.0 Å². The van der Waals surface area contributed by atoms with Gasteiger partial charge in [-0.2, -0.15) is 0 Å². The molecule has 0 N–H and O–H groups in total. The molecule has 3 heteroatoms. The highest BCUT2D eigenvalue weighted by Gasteiger charge is 2.19. The molecule has 0 saturated heterocycles. The van der Waals surface area contributed by atoms with E-state index in [2.05, 4.69) is 22.5 Å². The molecule has 1 aliphatic heterocycles. The molecule has 78 valence electrons. The van der Waals surface area contributed by atoms with Crippen LogP contribution in [-0.4, -0.2) is 9.55 Å². The van der Waals surface area contributed by atoms with Crippen molar-refractivity contribution >= 4 is 22.6 Å². The van der Waals surface area contributed by atoms with E-state index >= 15 is 0 Å². The molecule has 1 aromatic heterocycles. The number of halogens is 1. The van der Waals surface area contributed by atoms with Gasteiger partial charge in [-0.1, -0.05) is 11.6 Å². The van der Waals surface area contributed by atoms with Crippen LogP contribution >= 0.6 is 11.6 Å². The number of benzene rings is 1. The number of imidazole rings is 1. The van der Waals surface area contributed by atoms with Crippen molar-refractivity contribution in [3.05, 3.63) is 29.0 Å². The lowest BCUT2D eigenvalue weighted by molar-refractivity contribution is 0.435. The molecular weight excluding hydrogens is 208 g/mol. The van der Waals surface area contributed by atoms with Crippen molar-refractivity contribution in [2.45, 2.75) is 32.2 Å². The molecule has 2 heterocycles. The minimum Gasteiger partial charge on any atom is -0.325 e. The van der Waals surface area contributed by atoms with Crippen LogP contribution in [0.5, 0.6) is 0 Å². The van der Waals surface area contributed by atoms with Crippen LogP contribution in [0.2, 0.25) is 5.02 Å². The largest absolute Gasteiger partial charge is 0.325 e. The fraction of sp³-hybridized carbons (Fsp3) is 0.417. The van der Waals surface area contributed by atoms with Crippen molar-refractivity contribution in [2.24, 2.45) is 0 Å². The first-order chi connectivity index (χ1) is 7.25. The lowest BCUT2D eigenvalue weighted by Crippen LogP contribution is -2.14. The predicted molar refractivity (Wildman–Crippen MR) is 62.4 cm³/mol. The Kier molecular flexibility index (Phi) is 1.99. The molecule has 0 aliphatic carbocycles. The maximum atomic E-state index is 5.97. The Morgan fingerprint density at radius 1 is 1.47 bits per heavy atom. The summed E-state index contributed by atoms with van der Waals surface area (Å²) in [6.07, 6.45) is 3.59. The van der Waals surface area contributed by atoms with Crippen molar-refractivity contribution in [3.8, 4) is 0 Å². The summed E-state index contributed by atoms with van der Waals surface area (Å²) < 4.78 is 2.36. The van der Waals surface area contributed by atoms with Gasteiger partial charge in [-0.25, -0.2) is 4.98 Å². The highest BCUT2D eigenvalue weighted by Crippen LogP contribution is 2.30. The number of nitrogens with zero attached hydrogens (tertiary/aromatic N) is 2. The minimum atomic E-state index is 0.569. The van der Waals surface area contributed by atoms with E-state index in [0.717, 1.165) is 17.0 Å². The fourth-order valence-electron chi connectivity index (χ4n) is 2.47. The van der Waals surface area contributed by atoms with Gasteiger partial charge >= 0.3 is 0 Å². The van der Waals surface area contributed by atoms with Crippen LogP contribution in [0.1, 0.15) is 31.6 Å². The summed E-state index contributed by atoms with van der Waals surface area (Å²) in [4.78, 5) is 4.64. The third-order valence-electron chi connectivity index (χ3n) is 3.19. The Labute approximate surface area is 93.9 Å². The standard InChI is InChI=1S/C12H13ClN2/c1-8-3-2-4-12-14-10-7-9(13)5-6-11(10)15(8)12/h5-8H,2-4H2,1H3. The third-order valence-corrected chi connectivity index (χ3v) is 3.42. The van der Waals surface area contributed by atoms with Gasteiger partial charge in [0.2, 0.25) is 0 Å². The van der Waals surface area contributed by atoms with Gasteiger partial charge in [0, 0.05) is 17.5 Å². The SMILES string of the molecule is CC1CCCc2nc3cc(Cl)ccc3n21. The van der Waals surface area contributed by atoms with Crippen molar-refractivity contribution < 1.29 is 0 Å². The van der Waals surface area contributed by atoms with Crippen LogP contribution in [0.4, 0.5) is 0 Å². The highest BCUT2D eigenvalue weighted by atomic mass is 35.5. The summed E-state index contributed by atoms with van der Waals surface area (Å²) in [5.41, 5.74) is 2.26. The minimum absolute atomic E-state index is 0.569. The Bertz CT molecular complexity index is 516. The first kappa shape index (κ1) is 9.22. The van der Waals surface area contributed by atoms with E-state index < -0.39 is 0 Å². The van der Waals surface area contributed by atoms with E-state index in [1.807, 2.05) is 12.1 Å². The van der Waals surface area contributed by atoms with E-state index in [9.17, 15) is 0 Å². The van der Waals surface area contributed by atoms with Crippen LogP contribution in [0.15, 0.2) is 18.2 Å². The van der Waals surface area contributed by atoms with E-state index in [1.165, 1.54) is 24.2 Å². The number of rotatable bonds is 0. The van der Waals surface area contributed by atoms with Crippen LogP contribution in [-0.2, 0) is 6.42 Å². The summed E-state index contributed by atoms with van der Waals surface area (Å²) in [5, 5.41) is 0.769. The predicted octanol–water partition coefficient (Wildman–Crippen LogP) is 3.59. The number of hydrogen-bond acceptors (Lipinski definition) is 1. The van der Waals surface area contributed by atoms with E-state index in [4.69, 9.17) is 11.6 Å². The number of fused-ring (bicyclic) bond motifs is 3. The van der Waals surface area contributed by atoms with Crippen LogP contribution in [0, 0.1) is 0 Å². The molecule has 1 atom stereocenters. The molecular formula is C12H13ClN2. The maximum Gasteiger partial charge on any atom is 0.110 e. The molecule has 15 heavy (non-hydrogen) atoms. The van der Waals surface area contributed by atoms with Crippen LogP contribution in [0.25, 0.3) is 11.0 Å². The molecule has 1 aliphatic rings. The van der Waals surface area contributed by atoms with Gasteiger partial charge in [-0.15, -0.1) is 0 Å². The van der Waals surface area contributed by atoms with Gasteiger partial charge in [0.15, 0.2) is 0 Å². The average molecular weight is 221 g/mol. The number of aromatic nitrogens is 2. The normalized spacial score (nSPS) is 20.5. The van der Waals surface area contributed by atoms with Gasteiger partial charge in [0.05, 0.1) is 11.0 Å². The fourth-order valence-corrected chi connectivity index (χ4v) is 2.64. The Hall–Kier alpha value is -1.02. The first-order valence-corrected chi connectivity index (χ1v) is 5.80. The van der Waals surface area contributed by atoms with Gasteiger partial charge in [0.1, 0.15) is 5.82 Å². The molecule has 0 saturated carbocycles. The summed E-state index contributed by atoms with van der Waals surface area (Å²) in [6.45, 7) is 2.26. The number of hydrogen-bond donors (Lipinski definition) is 0.